The van der Waals surface area contributed by atoms with Crippen LogP contribution in [0.4, 0.5) is 5.95 Å². The summed E-state index contributed by atoms with van der Waals surface area (Å²) >= 11 is 0. The van der Waals surface area contributed by atoms with Gasteiger partial charge in [-0.15, -0.1) is 0 Å². The Balaban J connectivity index is 1.77. The Bertz CT molecular complexity index is 945. The zero-order chi connectivity index (χ0) is 16.5. The molecule has 1 fully saturated rings. The molecule has 0 spiro atoms. The fourth-order valence-corrected chi connectivity index (χ4v) is 3.21. The molecule has 1 aromatic carbocycles. The number of nitrogens with one attached hydrogen (secondary N) is 3. The van der Waals surface area contributed by atoms with Crippen LogP contribution < -0.4 is 16.2 Å². The van der Waals surface area contributed by atoms with Gasteiger partial charge < -0.3 is 15.6 Å². The summed E-state index contributed by atoms with van der Waals surface area (Å²) in [6, 6.07) is 6.09. The van der Waals surface area contributed by atoms with Crippen molar-refractivity contribution in [3.63, 3.8) is 0 Å². The summed E-state index contributed by atoms with van der Waals surface area (Å²) in [5.74, 6) is 0.493. The first-order valence-corrected chi connectivity index (χ1v) is 8.17. The van der Waals surface area contributed by atoms with Crippen LogP contribution in [0.15, 0.2) is 29.2 Å². The number of aromatic nitrogens is 3. The zero-order valence-corrected chi connectivity index (χ0v) is 13.6. The van der Waals surface area contributed by atoms with E-state index in [0.29, 0.717) is 17.0 Å². The summed E-state index contributed by atoms with van der Waals surface area (Å²) in [5, 5.41) is 8.68. The van der Waals surface area contributed by atoms with Gasteiger partial charge in [0.1, 0.15) is 5.65 Å². The molecule has 1 aliphatic heterocycles. The normalized spacial score (nSPS) is 15.9. The molecule has 0 bridgehead atoms. The van der Waals surface area contributed by atoms with E-state index in [1.807, 2.05) is 12.1 Å². The Morgan fingerprint density at radius 2 is 2.04 bits per heavy atom. The van der Waals surface area contributed by atoms with Crippen molar-refractivity contribution in [2.45, 2.75) is 6.54 Å². The minimum atomic E-state index is -0.111. The topological polar surface area (TPSA) is 85.9 Å². The third kappa shape index (κ3) is 2.72. The van der Waals surface area contributed by atoms with Crippen LogP contribution in [-0.2, 0) is 6.54 Å². The van der Waals surface area contributed by atoms with Gasteiger partial charge in [-0.3, -0.25) is 9.69 Å². The van der Waals surface area contributed by atoms with Crippen LogP contribution >= 0.6 is 0 Å². The minimum Gasteiger partial charge on any atom is -0.357 e. The lowest BCUT2D eigenvalue weighted by Gasteiger charge is -2.27. The smallest absolute Gasteiger partial charge is 0.257 e. The third-order valence-corrected chi connectivity index (χ3v) is 4.48. The van der Waals surface area contributed by atoms with Gasteiger partial charge in [0.15, 0.2) is 0 Å². The zero-order valence-electron chi connectivity index (χ0n) is 13.6. The van der Waals surface area contributed by atoms with Gasteiger partial charge in [-0.25, -0.2) is 4.98 Å². The monoisotopic (exact) mass is 324 g/mol. The van der Waals surface area contributed by atoms with E-state index in [9.17, 15) is 4.79 Å². The highest BCUT2D eigenvalue weighted by atomic mass is 16.1. The van der Waals surface area contributed by atoms with Crippen molar-refractivity contribution in [1.29, 1.82) is 0 Å². The predicted octanol–water partition coefficient (Wildman–Crippen LogP) is 0.918. The van der Waals surface area contributed by atoms with Crippen LogP contribution in [0.1, 0.15) is 5.56 Å². The molecule has 3 aromatic rings. The lowest BCUT2D eigenvalue weighted by atomic mass is 10.1. The highest BCUT2D eigenvalue weighted by Gasteiger charge is 2.12. The van der Waals surface area contributed by atoms with Gasteiger partial charge in [0.25, 0.3) is 5.56 Å². The van der Waals surface area contributed by atoms with Crippen molar-refractivity contribution >= 4 is 27.8 Å². The molecule has 0 aliphatic carbocycles. The standard InChI is InChI=1S/C17H20N6O/c1-18-17-20-9-14-12-3-2-11(10-23-6-4-19-5-7-23)8-13(12)16(24)21-15(14)22-17/h2-3,8-9,19H,4-7,10H2,1H3,(H2,18,20,21,22,24). The summed E-state index contributed by atoms with van der Waals surface area (Å²) < 4.78 is 0. The second-order valence-electron chi connectivity index (χ2n) is 6.07. The number of H-pyrrole nitrogens is 1. The van der Waals surface area contributed by atoms with Gasteiger partial charge in [-0.05, 0) is 17.0 Å². The van der Waals surface area contributed by atoms with E-state index < -0.39 is 0 Å². The highest BCUT2D eigenvalue weighted by Crippen LogP contribution is 2.22. The lowest BCUT2D eigenvalue weighted by molar-refractivity contribution is 0.233. The van der Waals surface area contributed by atoms with E-state index in [2.05, 4.69) is 36.6 Å². The van der Waals surface area contributed by atoms with E-state index in [1.165, 1.54) is 0 Å². The second kappa shape index (κ2) is 6.18. The fraction of sp³-hybridized carbons (Fsp3) is 0.353. The molecule has 0 saturated carbocycles. The number of benzene rings is 1. The van der Waals surface area contributed by atoms with Crippen LogP contribution in [0, 0.1) is 0 Å². The average molecular weight is 324 g/mol. The molecule has 0 unspecified atom stereocenters. The molecule has 3 N–H and O–H groups in total. The van der Waals surface area contributed by atoms with E-state index in [1.54, 1.807) is 13.2 Å². The molecular formula is C17H20N6O. The Labute approximate surface area is 139 Å². The molecule has 7 heteroatoms. The number of piperazine rings is 1. The first-order valence-electron chi connectivity index (χ1n) is 8.17. The maximum absolute atomic E-state index is 12.5. The number of aromatic amines is 1. The SMILES string of the molecule is CNc1ncc2c(n1)[nH]c(=O)c1cc(CN3CCNCC3)ccc12. The predicted molar refractivity (Wildman–Crippen MR) is 95.4 cm³/mol. The molecule has 0 amide bonds. The van der Waals surface area contributed by atoms with Gasteiger partial charge in [-0.2, -0.15) is 4.98 Å². The Morgan fingerprint density at radius 1 is 1.21 bits per heavy atom. The molecular weight excluding hydrogens is 304 g/mol. The first-order chi connectivity index (χ1) is 11.7. The number of hydrogen-bond acceptors (Lipinski definition) is 6. The molecule has 124 valence electrons. The van der Waals surface area contributed by atoms with Crippen molar-refractivity contribution in [3.05, 3.63) is 40.3 Å². The largest absolute Gasteiger partial charge is 0.357 e. The van der Waals surface area contributed by atoms with Crippen LogP contribution in [0.3, 0.4) is 0 Å². The molecule has 4 rings (SSSR count). The van der Waals surface area contributed by atoms with Gasteiger partial charge >= 0.3 is 0 Å². The highest BCUT2D eigenvalue weighted by molar-refractivity contribution is 6.04. The minimum absolute atomic E-state index is 0.111. The van der Waals surface area contributed by atoms with Crippen molar-refractivity contribution in [2.75, 3.05) is 38.5 Å². The van der Waals surface area contributed by atoms with Gasteiger partial charge in [-0.1, -0.05) is 12.1 Å². The number of nitrogens with zero attached hydrogens (tertiary/aromatic N) is 3. The second-order valence-corrected chi connectivity index (χ2v) is 6.07. The van der Waals surface area contributed by atoms with E-state index in [-0.39, 0.29) is 5.56 Å². The number of anilines is 1. The quantitative estimate of drug-likeness (QED) is 0.621. The van der Waals surface area contributed by atoms with Gasteiger partial charge in [0.2, 0.25) is 5.95 Å². The summed E-state index contributed by atoms with van der Waals surface area (Å²) in [6.45, 7) is 4.97. The maximum Gasteiger partial charge on any atom is 0.257 e. The van der Waals surface area contributed by atoms with Gasteiger partial charge in [0.05, 0.1) is 0 Å². The molecule has 0 radical (unpaired) electrons. The number of hydrogen-bond donors (Lipinski definition) is 3. The number of pyridine rings is 1. The Kier molecular flexibility index (Phi) is 3.87. The summed E-state index contributed by atoms with van der Waals surface area (Å²) in [5.41, 5.74) is 1.60. The van der Waals surface area contributed by atoms with Crippen LogP contribution in [0.2, 0.25) is 0 Å². The van der Waals surface area contributed by atoms with Crippen molar-refractivity contribution < 1.29 is 0 Å². The number of rotatable bonds is 3. The Hall–Kier alpha value is -2.51. The van der Waals surface area contributed by atoms with E-state index in [4.69, 9.17) is 0 Å². The summed E-state index contributed by atoms with van der Waals surface area (Å²) in [4.78, 5) is 26.3. The molecule has 0 atom stereocenters. The number of fused-ring (bicyclic) bond motifs is 3. The third-order valence-electron chi connectivity index (χ3n) is 4.48. The maximum atomic E-state index is 12.5. The van der Waals surface area contributed by atoms with Crippen LogP contribution in [-0.4, -0.2) is 53.1 Å². The molecule has 24 heavy (non-hydrogen) atoms. The van der Waals surface area contributed by atoms with Crippen LogP contribution in [0.5, 0.6) is 0 Å². The van der Waals surface area contributed by atoms with E-state index >= 15 is 0 Å². The summed E-state index contributed by atoms with van der Waals surface area (Å²) in [7, 11) is 1.75. The average Bonchev–Trinajstić information content (AvgIpc) is 2.62. The molecule has 1 aliphatic rings. The van der Waals surface area contributed by atoms with Crippen molar-refractivity contribution in [2.24, 2.45) is 0 Å². The molecule has 1 saturated heterocycles. The van der Waals surface area contributed by atoms with E-state index in [0.717, 1.165) is 49.1 Å². The van der Waals surface area contributed by atoms with Gasteiger partial charge in [0, 0.05) is 56.7 Å². The van der Waals surface area contributed by atoms with Crippen LogP contribution in [0.25, 0.3) is 21.8 Å². The molecule has 2 aromatic heterocycles. The molecule has 7 nitrogen and oxygen atoms in total. The van der Waals surface area contributed by atoms with Crippen molar-refractivity contribution in [3.8, 4) is 0 Å². The Morgan fingerprint density at radius 3 is 2.83 bits per heavy atom. The van der Waals surface area contributed by atoms with Crippen molar-refractivity contribution in [1.82, 2.24) is 25.2 Å². The molecule has 3 heterocycles. The lowest BCUT2D eigenvalue weighted by Crippen LogP contribution is -2.42. The fourth-order valence-electron chi connectivity index (χ4n) is 3.21. The first kappa shape index (κ1) is 15.0. The summed E-state index contributed by atoms with van der Waals surface area (Å²) in [6.07, 6.45) is 1.75.